The van der Waals surface area contributed by atoms with Crippen molar-refractivity contribution in [3.8, 4) is 0 Å². The Morgan fingerprint density at radius 3 is 1.04 bits per heavy atom. The average Bonchev–Trinajstić information content (AvgIpc) is 2.69. The van der Waals surface area contributed by atoms with Crippen molar-refractivity contribution in [3.63, 3.8) is 0 Å². The van der Waals surface area contributed by atoms with Crippen LogP contribution in [0.5, 0.6) is 0 Å². The lowest BCUT2D eigenvalue weighted by Gasteiger charge is -2.27. The molecule has 0 radical (unpaired) electrons. The Bertz CT molecular complexity index is 493. The highest BCUT2D eigenvalue weighted by Gasteiger charge is 2.47. The highest BCUT2D eigenvalue weighted by molar-refractivity contribution is 7.63. The van der Waals surface area contributed by atoms with Gasteiger partial charge in [-0.15, -0.1) is 0 Å². The molecule has 13 heteroatoms. The molecule has 0 aliphatic rings. The fraction of sp³-hybridized carbons (Fsp3) is 1.00. The van der Waals surface area contributed by atoms with Crippen molar-refractivity contribution < 1.29 is 24.4 Å². The first-order chi connectivity index (χ1) is 13.1. The van der Waals surface area contributed by atoms with Gasteiger partial charge in [0.2, 0.25) is 0 Å². The SMILES string of the molecule is CCP(=O)(CCCN)[O][Al]([O]P(=O)(CC)CCCN)[O]P(=O)(CC)CCCN. The molecule has 0 spiro atoms. The van der Waals surface area contributed by atoms with Crippen molar-refractivity contribution in [2.75, 3.05) is 56.6 Å². The number of rotatable bonds is 18. The van der Waals surface area contributed by atoms with Crippen LogP contribution in [0.3, 0.4) is 0 Å². The normalized spacial score (nSPS) is 18.2. The predicted octanol–water partition coefficient (Wildman–Crippen LogP) is 2.96. The molecular weight excluding hydrogens is 438 g/mol. The molecule has 3 atom stereocenters. The number of nitrogens with two attached hydrogens (primary N) is 3. The Labute approximate surface area is 175 Å². The third kappa shape index (κ3) is 11.4. The van der Waals surface area contributed by atoms with Gasteiger partial charge in [0.15, 0.2) is 22.1 Å². The molecule has 0 heterocycles. The van der Waals surface area contributed by atoms with Crippen LogP contribution < -0.4 is 17.2 Å². The first-order valence-electron chi connectivity index (χ1n) is 10.0. The predicted molar refractivity (Wildman–Crippen MR) is 119 cm³/mol. The van der Waals surface area contributed by atoms with E-state index in [1.807, 2.05) is 0 Å². The summed E-state index contributed by atoms with van der Waals surface area (Å²) in [5.74, 6) is 0. The third-order valence-electron chi connectivity index (χ3n) is 4.39. The Morgan fingerprint density at radius 1 is 0.607 bits per heavy atom. The number of hydrogen-bond donors (Lipinski definition) is 3. The third-order valence-corrected chi connectivity index (χ3v) is 16.9. The molecule has 0 saturated heterocycles. The van der Waals surface area contributed by atoms with E-state index in [-0.39, 0.29) is 37.0 Å². The van der Waals surface area contributed by atoms with E-state index >= 15 is 0 Å². The van der Waals surface area contributed by atoms with Crippen molar-refractivity contribution in [1.82, 2.24) is 0 Å². The summed E-state index contributed by atoms with van der Waals surface area (Å²) >= 11 is -3.20. The zero-order valence-electron chi connectivity index (χ0n) is 17.6. The maximum Gasteiger partial charge on any atom is 0.921 e. The molecule has 168 valence electrons. The van der Waals surface area contributed by atoms with E-state index < -0.39 is 37.3 Å². The smallest absolute Gasteiger partial charge is 0.405 e. The summed E-state index contributed by atoms with van der Waals surface area (Å²) < 4.78 is 56.8. The molecule has 3 unspecified atom stereocenters. The van der Waals surface area contributed by atoms with Crippen LogP contribution in [0.15, 0.2) is 0 Å². The highest BCUT2D eigenvalue weighted by Crippen LogP contribution is 2.56. The maximum atomic E-state index is 13.1. The second-order valence-electron chi connectivity index (χ2n) is 6.59. The van der Waals surface area contributed by atoms with Crippen LogP contribution >= 0.6 is 22.1 Å². The second kappa shape index (κ2) is 14.9. The van der Waals surface area contributed by atoms with Crippen LogP contribution in [0.25, 0.3) is 0 Å². The van der Waals surface area contributed by atoms with Crippen LogP contribution in [-0.2, 0) is 24.4 Å². The van der Waals surface area contributed by atoms with Gasteiger partial charge in [0.25, 0.3) is 0 Å². The van der Waals surface area contributed by atoms with Crippen LogP contribution in [0, 0.1) is 0 Å². The minimum Gasteiger partial charge on any atom is -0.405 e. The van der Waals surface area contributed by atoms with Crippen LogP contribution in [0.1, 0.15) is 40.0 Å². The summed E-state index contributed by atoms with van der Waals surface area (Å²) in [7, 11) is -9.23. The zero-order chi connectivity index (χ0) is 21.7. The molecule has 0 aliphatic heterocycles. The summed E-state index contributed by atoms with van der Waals surface area (Å²) in [4.78, 5) is 0. The molecule has 0 amide bonds. The molecule has 9 nitrogen and oxygen atoms in total. The van der Waals surface area contributed by atoms with Gasteiger partial charge in [-0.25, -0.2) is 0 Å². The molecule has 0 aromatic heterocycles. The minimum absolute atomic E-state index is 0.279. The van der Waals surface area contributed by atoms with Crippen molar-refractivity contribution in [3.05, 3.63) is 0 Å². The summed E-state index contributed by atoms with van der Waals surface area (Å²) in [6, 6.07) is 0. The topological polar surface area (TPSA) is 157 Å². The Kier molecular flexibility index (Phi) is 15.4. The molecule has 0 rings (SSSR count). The fourth-order valence-electron chi connectivity index (χ4n) is 2.38. The van der Waals surface area contributed by atoms with Gasteiger partial charge in [-0.3, -0.25) is 13.7 Å². The van der Waals surface area contributed by atoms with E-state index in [0.717, 1.165) is 0 Å². The molecule has 28 heavy (non-hydrogen) atoms. The van der Waals surface area contributed by atoms with Crippen molar-refractivity contribution in [2.45, 2.75) is 40.0 Å². The van der Waals surface area contributed by atoms with Gasteiger partial charge in [0.05, 0.1) is 0 Å². The summed E-state index contributed by atoms with van der Waals surface area (Å²) in [6.45, 7) is 6.42. The summed E-state index contributed by atoms with van der Waals surface area (Å²) in [5.41, 5.74) is 16.6. The lowest BCUT2D eigenvalue weighted by molar-refractivity contribution is 0.305. The molecular formula is C15H39AlN3O6P3. The van der Waals surface area contributed by atoms with Crippen molar-refractivity contribution >= 4 is 37.3 Å². The van der Waals surface area contributed by atoms with Crippen LogP contribution in [0.2, 0.25) is 0 Å². The largest absolute Gasteiger partial charge is 0.921 e. The van der Waals surface area contributed by atoms with Crippen molar-refractivity contribution in [1.29, 1.82) is 0 Å². The van der Waals surface area contributed by atoms with E-state index in [0.29, 0.717) is 38.9 Å². The first-order valence-corrected chi connectivity index (χ1v) is 17.4. The Hall–Kier alpha value is 0.982. The molecule has 6 N–H and O–H groups in total. The fourth-order valence-corrected chi connectivity index (χ4v) is 13.6. The molecule has 0 aromatic carbocycles. The molecule has 0 saturated carbocycles. The van der Waals surface area contributed by atoms with Gasteiger partial charge >= 0.3 is 15.1 Å². The van der Waals surface area contributed by atoms with E-state index in [1.165, 1.54) is 0 Å². The number of hydrogen-bond acceptors (Lipinski definition) is 9. The van der Waals surface area contributed by atoms with Gasteiger partial charge in [0.1, 0.15) is 0 Å². The zero-order valence-corrected chi connectivity index (χ0v) is 21.4. The standard InChI is InChI=1S/3C5H14NO2P.Al/c3*1-2-9(7,8)5-3-4-6;/h3*2-6H2,1H3,(H,7,8);/q;;;+3/p-3. The second-order valence-corrected chi connectivity index (χ2v) is 17.8. The van der Waals surface area contributed by atoms with Crippen molar-refractivity contribution in [2.24, 2.45) is 17.2 Å². The van der Waals surface area contributed by atoms with Gasteiger partial charge < -0.3 is 27.9 Å². The van der Waals surface area contributed by atoms with Crippen LogP contribution in [0.4, 0.5) is 0 Å². The summed E-state index contributed by atoms with van der Waals surface area (Å²) in [5, 5.41) is 0. The lowest BCUT2D eigenvalue weighted by atomic mass is 10.5. The van der Waals surface area contributed by atoms with E-state index in [1.54, 1.807) is 20.8 Å². The van der Waals surface area contributed by atoms with Gasteiger partial charge in [0, 0.05) is 37.0 Å². The monoisotopic (exact) mass is 477 g/mol. The van der Waals surface area contributed by atoms with Crippen LogP contribution in [-0.4, -0.2) is 71.8 Å². The Balaban J connectivity index is 5.59. The summed E-state index contributed by atoms with van der Waals surface area (Å²) in [6.07, 6.45) is 3.29. The van der Waals surface area contributed by atoms with Gasteiger partial charge in [-0.05, 0) is 38.9 Å². The molecule has 0 bridgehead atoms. The first kappa shape index (κ1) is 29.0. The van der Waals surface area contributed by atoms with E-state index in [2.05, 4.69) is 0 Å². The molecule has 0 aromatic rings. The lowest BCUT2D eigenvalue weighted by Crippen LogP contribution is -2.27. The van der Waals surface area contributed by atoms with Gasteiger partial charge in [-0.1, -0.05) is 20.8 Å². The Morgan fingerprint density at radius 2 is 0.857 bits per heavy atom. The molecule has 0 aliphatic carbocycles. The maximum absolute atomic E-state index is 13.1. The average molecular weight is 477 g/mol. The van der Waals surface area contributed by atoms with E-state index in [9.17, 15) is 13.7 Å². The van der Waals surface area contributed by atoms with Gasteiger partial charge in [-0.2, -0.15) is 0 Å². The molecule has 0 fully saturated rings. The quantitative estimate of drug-likeness (QED) is 0.199. The highest BCUT2D eigenvalue weighted by atomic mass is 31.2. The minimum atomic E-state index is -3.20. The van der Waals surface area contributed by atoms with E-state index in [4.69, 9.17) is 27.9 Å².